The number of halogens is 6. The van der Waals surface area contributed by atoms with Crippen molar-refractivity contribution in [2.45, 2.75) is 38.2 Å². The second-order valence-corrected chi connectivity index (χ2v) is 8.09. The van der Waals surface area contributed by atoms with Crippen LogP contribution in [0.25, 0.3) is 0 Å². The molecule has 0 spiro atoms. The molecule has 1 fully saturated rings. The number of aliphatic carboxylic acids is 2. The van der Waals surface area contributed by atoms with Gasteiger partial charge in [-0.3, -0.25) is 0 Å². The summed E-state index contributed by atoms with van der Waals surface area (Å²) in [6.07, 6.45) is -0.694. The Morgan fingerprint density at radius 1 is 0.973 bits per heavy atom. The fraction of sp³-hybridized carbons (Fsp3) is 0.500. The van der Waals surface area contributed by atoms with Crippen molar-refractivity contribution in [3.63, 3.8) is 0 Å². The molecule has 9 nitrogen and oxygen atoms in total. The first-order valence-electron chi connectivity index (χ1n) is 10.9. The number of carboxylic acid groups (broad SMARTS) is 2. The second-order valence-electron chi connectivity index (χ2n) is 8.09. The Hall–Kier alpha value is -3.49. The number of aromatic nitrogens is 2. The number of imidazole rings is 1. The Labute approximate surface area is 207 Å². The van der Waals surface area contributed by atoms with E-state index in [9.17, 15) is 26.3 Å². The van der Waals surface area contributed by atoms with Gasteiger partial charge >= 0.3 is 24.3 Å². The molecule has 0 unspecified atom stereocenters. The van der Waals surface area contributed by atoms with Gasteiger partial charge in [0.05, 0.1) is 6.33 Å². The van der Waals surface area contributed by atoms with Crippen molar-refractivity contribution >= 4 is 11.9 Å². The zero-order chi connectivity index (χ0) is 27.6. The third-order valence-corrected chi connectivity index (χ3v) is 5.37. The van der Waals surface area contributed by atoms with E-state index < -0.39 is 24.3 Å². The highest BCUT2D eigenvalue weighted by Crippen LogP contribution is 2.32. The molecule has 1 saturated heterocycles. The summed E-state index contributed by atoms with van der Waals surface area (Å²) in [5.41, 5.74) is 1.33. The summed E-state index contributed by atoms with van der Waals surface area (Å²) in [4.78, 5) is 24.5. The summed E-state index contributed by atoms with van der Waals surface area (Å²) in [6, 6.07) is 6.29. The maximum atomic E-state index is 10.6. The van der Waals surface area contributed by atoms with Crippen LogP contribution in [-0.4, -0.2) is 75.4 Å². The molecule has 1 aromatic carbocycles. The molecule has 206 valence electrons. The minimum Gasteiger partial charge on any atom is -0.475 e. The van der Waals surface area contributed by atoms with Gasteiger partial charge in [-0.2, -0.15) is 26.3 Å². The highest BCUT2D eigenvalue weighted by atomic mass is 19.4. The molecule has 2 aliphatic rings. The first kappa shape index (κ1) is 29.7. The standard InChI is InChI=1S/C18H23N3O2.2C2HF3O2/c1-2-17-18(23-14-22-17)11-15(1)3-7-20-8-4-16(5-9-20)12-21-10-6-19-13-21;2*3-2(4,5)1(6)7/h1-2,6,10-11,13,16H,3-5,7-9,12,14H2;2*(H,6,7). The van der Waals surface area contributed by atoms with Gasteiger partial charge in [0, 0.05) is 25.5 Å². The van der Waals surface area contributed by atoms with Crippen LogP contribution < -0.4 is 9.47 Å². The van der Waals surface area contributed by atoms with Crippen LogP contribution in [0.5, 0.6) is 11.5 Å². The van der Waals surface area contributed by atoms with Crippen molar-refractivity contribution in [1.82, 2.24) is 14.5 Å². The second kappa shape index (κ2) is 13.2. The Bertz CT molecular complexity index is 981. The number of carboxylic acids is 2. The molecule has 2 aromatic rings. The third kappa shape index (κ3) is 10.6. The predicted molar refractivity (Wildman–Crippen MR) is 115 cm³/mol. The summed E-state index contributed by atoms with van der Waals surface area (Å²) in [5, 5.41) is 14.2. The largest absolute Gasteiger partial charge is 0.490 e. The van der Waals surface area contributed by atoms with Crippen molar-refractivity contribution in [1.29, 1.82) is 0 Å². The van der Waals surface area contributed by atoms with Gasteiger partial charge in [-0.1, -0.05) is 6.07 Å². The van der Waals surface area contributed by atoms with Crippen molar-refractivity contribution in [3.8, 4) is 11.5 Å². The smallest absolute Gasteiger partial charge is 0.475 e. The Balaban J connectivity index is 0.000000286. The zero-order valence-electron chi connectivity index (χ0n) is 19.3. The summed E-state index contributed by atoms with van der Waals surface area (Å²) < 4.78 is 76.5. The van der Waals surface area contributed by atoms with E-state index in [-0.39, 0.29) is 0 Å². The number of benzene rings is 1. The van der Waals surface area contributed by atoms with Crippen molar-refractivity contribution in [3.05, 3.63) is 42.5 Å². The number of hydrogen-bond donors (Lipinski definition) is 2. The van der Waals surface area contributed by atoms with E-state index in [2.05, 4.69) is 32.8 Å². The SMILES string of the molecule is O=C(O)C(F)(F)F.O=C(O)C(F)(F)F.c1cn(CC2CCN(CCc3ccc4c(c3)OCO4)CC2)cn1. The summed E-state index contributed by atoms with van der Waals surface area (Å²) in [6.45, 7) is 4.98. The van der Waals surface area contributed by atoms with Crippen molar-refractivity contribution in [2.75, 3.05) is 26.4 Å². The lowest BCUT2D eigenvalue weighted by Gasteiger charge is -2.32. The molecule has 0 saturated carbocycles. The number of fused-ring (bicyclic) bond motifs is 1. The van der Waals surface area contributed by atoms with Crippen LogP contribution in [0.3, 0.4) is 0 Å². The number of rotatable bonds is 5. The average Bonchev–Trinajstić information content (AvgIpc) is 3.50. The monoisotopic (exact) mass is 541 g/mol. The highest BCUT2D eigenvalue weighted by molar-refractivity contribution is 5.73. The molecular formula is C22H25F6N3O6. The van der Waals surface area contributed by atoms with E-state index in [4.69, 9.17) is 29.3 Å². The van der Waals surface area contributed by atoms with E-state index in [0.29, 0.717) is 6.79 Å². The topological polar surface area (TPSA) is 114 Å². The van der Waals surface area contributed by atoms with Gasteiger partial charge in [-0.05, 0) is 56.0 Å². The first-order chi connectivity index (χ1) is 17.3. The molecular weight excluding hydrogens is 516 g/mol. The molecule has 0 atom stereocenters. The average molecular weight is 541 g/mol. The number of piperidine rings is 1. The number of likely N-dealkylation sites (tertiary alicyclic amines) is 1. The molecule has 2 aliphatic heterocycles. The normalized spacial score (nSPS) is 15.7. The minimum atomic E-state index is -5.08. The molecule has 15 heteroatoms. The lowest BCUT2D eigenvalue weighted by Crippen LogP contribution is -2.36. The van der Waals surface area contributed by atoms with Crippen LogP contribution in [-0.2, 0) is 22.6 Å². The van der Waals surface area contributed by atoms with Gasteiger partial charge in [0.1, 0.15) is 0 Å². The molecule has 0 radical (unpaired) electrons. The fourth-order valence-corrected chi connectivity index (χ4v) is 3.47. The lowest BCUT2D eigenvalue weighted by atomic mass is 9.96. The van der Waals surface area contributed by atoms with Crippen molar-refractivity contribution in [2.24, 2.45) is 5.92 Å². The molecule has 4 rings (SSSR count). The van der Waals surface area contributed by atoms with E-state index in [1.165, 1.54) is 31.5 Å². The van der Waals surface area contributed by atoms with Crippen LogP contribution in [0.1, 0.15) is 18.4 Å². The molecule has 0 aliphatic carbocycles. The zero-order valence-corrected chi connectivity index (χ0v) is 19.3. The van der Waals surface area contributed by atoms with Crippen LogP contribution in [0.15, 0.2) is 36.9 Å². The van der Waals surface area contributed by atoms with Gasteiger partial charge in [0.25, 0.3) is 0 Å². The van der Waals surface area contributed by atoms with Gasteiger partial charge in [0.2, 0.25) is 6.79 Å². The number of hydrogen-bond acceptors (Lipinski definition) is 6. The maximum absolute atomic E-state index is 10.6. The number of carbonyl (C=O) groups is 2. The van der Waals surface area contributed by atoms with E-state index >= 15 is 0 Å². The summed E-state index contributed by atoms with van der Waals surface area (Å²) >= 11 is 0. The van der Waals surface area contributed by atoms with Gasteiger partial charge in [0.15, 0.2) is 11.5 Å². The molecule has 3 heterocycles. The van der Waals surface area contributed by atoms with Crippen LogP contribution in [0, 0.1) is 5.92 Å². The lowest BCUT2D eigenvalue weighted by molar-refractivity contribution is -0.193. The molecule has 2 N–H and O–H groups in total. The minimum absolute atomic E-state index is 0.350. The summed E-state index contributed by atoms with van der Waals surface area (Å²) in [7, 11) is 0. The van der Waals surface area contributed by atoms with Crippen LogP contribution in [0.2, 0.25) is 0 Å². The molecule has 0 amide bonds. The molecule has 0 bridgehead atoms. The highest BCUT2D eigenvalue weighted by Gasteiger charge is 2.38. The number of ether oxygens (including phenoxy) is 2. The van der Waals surface area contributed by atoms with E-state index in [1.807, 2.05) is 18.6 Å². The number of alkyl halides is 6. The summed E-state index contributed by atoms with van der Waals surface area (Å²) in [5.74, 6) is -2.97. The fourth-order valence-electron chi connectivity index (χ4n) is 3.47. The molecule has 1 aromatic heterocycles. The maximum Gasteiger partial charge on any atom is 0.490 e. The van der Waals surface area contributed by atoms with Gasteiger partial charge in [-0.25, -0.2) is 14.6 Å². The molecule has 37 heavy (non-hydrogen) atoms. The van der Waals surface area contributed by atoms with E-state index in [1.54, 1.807) is 0 Å². The Kier molecular flexibility index (Phi) is 10.6. The van der Waals surface area contributed by atoms with Crippen molar-refractivity contribution < 1.29 is 55.6 Å². The van der Waals surface area contributed by atoms with Gasteiger partial charge < -0.3 is 29.2 Å². The quantitative estimate of drug-likeness (QED) is 0.550. The first-order valence-corrected chi connectivity index (χ1v) is 10.9. The van der Waals surface area contributed by atoms with Crippen LogP contribution in [0.4, 0.5) is 26.3 Å². The Morgan fingerprint density at radius 3 is 2.05 bits per heavy atom. The number of nitrogens with zero attached hydrogens (tertiary/aromatic N) is 3. The van der Waals surface area contributed by atoms with Gasteiger partial charge in [-0.15, -0.1) is 0 Å². The van der Waals surface area contributed by atoms with Crippen LogP contribution >= 0.6 is 0 Å². The predicted octanol–water partition coefficient (Wildman–Crippen LogP) is 3.83. The third-order valence-electron chi connectivity index (χ3n) is 5.37. The van der Waals surface area contributed by atoms with E-state index in [0.717, 1.165) is 36.9 Å². The Morgan fingerprint density at radius 2 is 1.54 bits per heavy atom.